The third kappa shape index (κ3) is 2.94. The summed E-state index contributed by atoms with van der Waals surface area (Å²) in [5.74, 6) is 0.566. The number of carbonyl (C=O) groups excluding carboxylic acids is 1. The lowest BCUT2D eigenvalue weighted by molar-refractivity contribution is 0.0951. The smallest absolute Gasteiger partial charge is 0.252 e. The third-order valence-corrected chi connectivity index (χ3v) is 3.08. The Labute approximate surface area is 126 Å². The number of pyridine rings is 1. The van der Waals surface area contributed by atoms with Crippen LogP contribution in [-0.2, 0) is 17.9 Å². The first-order chi connectivity index (χ1) is 10.8. The zero-order valence-corrected chi connectivity index (χ0v) is 11.9. The Balaban J connectivity index is 1.73. The van der Waals surface area contributed by atoms with Gasteiger partial charge in [-0.2, -0.15) is 4.98 Å². The molecule has 0 atom stereocenters. The maximum Gasteiger partial charge on any atom is 0.252 e. The summed E-state index contributed by atoms with van der Waals surface area (Å²) in [7, 11) is 1.54. The van der Waals surface area contributed by atoms with Gasteiger partial charge in [-0.05, 0) is 12.1 Å². The lowest BCUT2D eigenvalue weighted by atomic mass is 10.1. The quantitative estimate of drug-likeness (QED) is 0.771. The fraction of sp³-hybridized carbons (Fsp3) is 0.200. The number of hydrogen-bond donors (Lipinski definition) is 1. The largest absolute Gasteiger partial charge is 0.375 e. The molecule has 0 aliphatic carbocycles. The van der Waals surface area contributed by atoms with Crippen LogP contribution < -0.4 is 5.32 Å². The summed E-state index contributed by atoms with van der Waals surface area (Å²) in [6, 6.07) is 9.17. The van der Waals surface area contributed by atoms with Gasteiger partial charge in [0.15, 0.2) is 5.82 Å². The Morgan fingerprint density at radius 1 is 1.32 bits per heavy atom. The summed E-state index contributed by atoms with van der Waals surface area (Å²) >= 11 is 0. The number of ether oxygens (including phenoxy) is 1. The van der Waals surface area contributed by atoms with Gasteiger partial charge in [0.2, 0.25) is 0 Å². The van der Waals surface area contributed by atoms with E-state index in [9.17, 15) is 4.79 Å². The molecule has 1 N–H and O–H groups in total. The highest BCUT2D eigenvalue weighted by Crippen LogP contribution is 2.16. The van der Waals surface area contributed by atoms with Crippen LogP contribution in [0.3, 0.4) is 0 Å². The van der Waals surface area contributed by atoms with E-state index in [0.29, 0.717) is 17.3 Å². The Hall–Kier alpha value is -2.80. The average molecular weight is 298 g/mol. The molecular formula is C15H14N4O3. The van der Waals surface area contributed by atoms with Crippen LogP contribution in [0.25, 0.3) is 10.9 Å². The zero-order valence-electron chi connectivity index (χ0n) is 11.9. The zero-order chi connectivity index (χ0) is 15.4. The van der Waals surface area contributed by atoms with Crippen molar-refractivity contribution in [3.05, 3.63) is 53.8 Å². The molecule has 0 bridgehead atoms. The van der Waals surface area contributed by atoms with E-state index in [1.807, 2.05) is 24.3 Å². The molecule has 0 saturated carbocycles. The van der Waals surface area contributed by atoms with Crippen molar-refractivity contribution in [1.29, 1.82) is 0 Å². The molecule has 0 unspecified atom stereocenters. The first kappa shape index (κ1) is 14.2. The fourth-order valence-corrected chi connectivity index (χ4v) is 2.09. The first-order valence-corrected chi connectivity index (χ1v) is 6.70. The lowest BCUT2D eigenvalue weighted by Gasteiger charge is -2.05. The van der Waals surface area contributed by atoms with Crippen molar-refractivity contribution in [1.82, 2.24) is 20.4 Å². The number of nitrogens with zero attached hydrogens (tertiary/aromatic N) is 3. The topological polar surface area (TPSA) is 90.1 Å². The van der Waals surface area contributed by atoms with Gasteiger partial charge in [-0.3, -0.25) is 9.78 Å². The standard InChI is InChI=1S/C15H14N4O3/c1-21-9-14-18-13(19-22-14)8-17-15(20)11-6-7-16-12-5-3-2-4-10(11)12/h2-7H,8-9H2,1H3,(H,17,20). The molecule has 1 amide bonds. The summed E-state index contributed by atoms with van der Waals surface area (Å²) in [5.41, 5.74) is 1.34. The molecule has 0 saturated heterocycles. The molecule has 2 heterocycles. The molecule has 1 aromatic carbocycles. The Kier molecular flexibility index (Phi) is 4.06. The molecule has 0 aliphatic rings. The van der Waals surface area contributed by atoms with Crippen LogP contribution in [0.4, 0.5) is 0 Å². The second-order valence-corrected chi connectivity index (χ2v) is 4.60. The van der Waals surface area contributed by atoms with Crippen LogP contribution in [0.15, 0.2) is 41.1 Å². The van der Waals surface area contributed by atoms with E-state index in [4.69, 9.17) is 9.26 Å². The monoisotopic (exact) mass is 298 g/mol. The van der Waals surface area contributed by atoms with E-state index in [1.54, 1.807) is 19.4 Å². The van der Waals surface area contributed by atoms with E-state index < -0.39 is 0 Å². The van der Waals surface area contributed by atoms with E-state index in [0.717, 1.165) is 10.9 Å². The van der Waals surface area contributed by atoms with E-state index in [2.05, 4.69) is 20.4 Å². The number of carbonyl (C=O) groups is 1. The number of fused-ring (bicyclic) bond motifs is 1. The number of hydrogen-bond acceptors (Lipinski definition) is 6. The highest BCUT2D eigenvalue weighted by molar-refractivity contribution is 6.05. The van der Waals surface area contributed by atoms with Crippen molar-refractivity contribution >= 4 is 16.8 Å². The van der Waals surface area contributed by atoms with E-state index >= 15 is 0 Å². The van der Waals surface area contributed by atoms with Crippen molar-refractivity contribution in [2.45, 2.75) is 13.2 Å². The minimum Gasteiger partial charge on any atom is -0.375 e. The molecule has 7 nitrogen and oxygen atoms in total. The molecule has 112 valence electrons. The Bertz CT molecular complexity index is 795. The van der Waals surface area contributed by atoms with Gasteiger partial charge in [0, 0.05) is 18.7 Å². The number of rotatable bonds is 5. The normalized spacial score (nSPS) is 10.8. The van der Waals surface area contributed by atoms with Crippen molar-refractivity contribution in [2.24, 2.45) is 0 Å². The number of aromatic nitrogens is 3. The second-order valence-electron chi connectivity index (χ2n) is 4.60. The number of amides is 1. The first-order valence-electron chi connectivity index (χ1n) is 6.70. The SMILES string of the molecule is COCc1nc(CNC(=O)c2ccnc3ccccc23)no1. The highest BCUT2D eigenvalue weighted by atomic mass is 16.5. The predicted octanol–water partition coefficient (Wildman–Crippen LogP) is 1.69. The summed E-state index contributed by atoms with van der Waals surface area (Å²) in [4.78, 5) is 20.6. The third-order valence-electron chi connectivity index (χ3n) is 3.08. The molecule has 0 radical (unpaired) electrons. The minimum atomic E-state index is -0.211. The van der Waals surface area contributed by atoms with Gasteiger partial charge in [0.05, 0.1) is 17.6 Å². The summed E-state index contributed by atoms with van der Waals surface area (Å²) < 4.78 is 9.86. The molecule has 0 spiro atoms. The molecule has 3 rings (SSSR count). The van der Waals surface area contributed by atoms with Gasteiger partial charge in [0.1, 0.15) is 6.61 Å². The van der Waals surface area contributed by atoms with Crippen LogP contribution in [0, 0.1) is 0 Å². The van der Waals surface area contributed by atoms with Crippen LogP contribution in [0.5, 0.6) is 0 Å². The number of para-hydroxylation sites is 1. The maximum atomic E-state index is 12.3. The number of methoxy groups -OCH3 is 1. The Morgan fingerprint density at radius 3 is 3.05 bits per heavy atom. The van der Waals surface area contributed by atoms with Crippen LogP contribution >= 0.6 is 0 Å². The van der Waals surface area contributed by atoms with Gasteiger partial charge >= 0.3 is 0 Å². The van der Waals surface area contributed by atoms with Crippen LogP contribution in [0.1, 0.15) is 22.1 Å². The maximum absolute atomic E-state index is 12.3. The predicted molar refractivity (Wildman–Crippen MR) is 77.9 cm³/mol. The number of benzene rings is 1. The van der Waals surface area contributed by atoms with Crippen molar-refractivity contribution < 1.29 is 14.1 Å². The van der Waals surface area contributed by atoms with Gasteiger partial charge in [-0.25, -0.2) is 0 Å². The molecule has 7 heteroatoms. The summed E-state index contributed by atoms with van der Waals surface area (Å²) in [6.45, 7) is 0.429. The van der Waals surface area contributed by atoms with Crippen molar-refractivity contribution in [3.63, 3.8) is 0 Å². The summed E-state index contributed by atoms with van der Waals surface area (Å²) in [5, 5.41) is 7.34. The molecule has 0 fully saturated rings. The highest BCUT2D eigenvalue weighted by Gasteiger charge is 2.12. The molecule has 3 aromatic rings. The lowest BCUT2D eigenvalue weighted by Crippen LogP contribution is -2.23. The second kappa shape index (κ2) is 6.31. The van der Waals surface area contributed by atoms with Gasteiger partial charge < -0.3 is 14.6 Å². The van der Waals surface area contributed by atoms with Crippen LogP contribution in [-0.4, -0.2) is 28.1 Å². The van der Waals surface area contributed by atoms with E-state index in [1.165, 1.54) is 0 Å². The fourth-order valence-electron chi connectivity index (χ4n) is 2.09. The Morgan fingerprint density at radius 2 is 2.18 bits per heavy atom. The average Bonchev–Trinajstić information content (AvgIpc) is 3.00. The van der Waals surface area contributed by atoms with Gasteiger partial charge in [-0.15, -0.1) is 0 Å². The van der Waals surface area contributed by atoms with E-state index in [-0.39, 0.29) is 19.1 Å². The van der Waals surface area contributed by atoms with Crippen LogP contribution in [0.2, 0.25) is 0 Å². The molecule has 2 aromatic heterocycles. The molecular weight excluding hydrogens is 284 g/mol. The number of nitrogens with one attached hydrogen (secondary N) is 1. The van der Waals surface area contributed by atoms with Gasteiger partial charge in [0.25, 0.3) is 11.8 Å². The van der Waals surface area contributed by atoms with Crippen molar-refractivity contribution in [3.8, 4) is 0 Å². The molecule has 22 heavy (non-hydrogen) atoms. The van der Waals surface area contributed by atoms with Gasteiger partial charge in [-0.1, -0.05) is 23.4 Å². The molecule has 0 aliphatic heterocycles. The summed E-state index contributed by atoms with van der Waals surface area (Å²) in [6.07, 6.45) is 1.61. The minimum absolute atomic E-state index is 0.183. The van der Waals surface area contributed by atoms with Crippen molar-refractivity contribution in [2.75, 3.05) is 7.11 Å².